The van der Waals surface area contributed by atoms with E-state index >= 15 is 0 Å². The largest absolute Gasteiger partial charge is 0.459 e. The summed E-state index contributed by atoms with van der Waals surface area (Å²) in [5.74, 6) is 0.393. The molecule has 1 heterocycles. The first-order valence-electron chi connectivity index (χ1n) is 15.0. The van der Waals surface area contributed by atoms with Gasteiger partial charge in [0.2, 0.25) is 5.90 Å². The van der Waals surface area contributed by atoms with Crippen LogP contribution in [-0.4, -0.2) is 11.9 Å². The Hall–Kier alpha value is -4.42. The molecule has 0 saturated heterocycles. The monoisotopic (exact) mass is 661 g/mol. The quantitative estimate of drug-likeness (QED) is 0.126. The van der Waals surface area contributed by atoms with Crippen molar-refractivity contribution < 1.29 is 31.1 Å². The van der Waals surface area contributed by atoms with E-state index in [0.717, 1.165) is 35.4 Å². The molecule has 9 heteroatoms. The Morgan fingerprint density at radius 3 is 1.45 bits per heavy atom. The van der Waals surface area contributed by atoms with Gasteiger partial charge in [0.25, 0.3) is 0 Å². The molecule has 0 amide bonds. The summed E-state index contributed by atoms with van der Waals surface area (Å²) in [7, 11) is -1.64. The fourth-order valence-corrected chi connectivity index (χ4v) is 8.47. The summed E-state index contributed by atoms with van der Waals surface area (Å²) in [4.78, 5) is 5.19. The van der Waals surface area contributed by atoms with Crippen molar-refractivity contribution in [3.05, 3.63) is 161 Å². The van der Waals surface area contributed by atoms with Crippen molar-refractivity contribution in [2.45, 2.75) is 37.8 Å². The number of benzene rings is 5. The number of hydrogen-bond donors (Lipinski definition) is 0. The van der Waals surface area contributed by atoms with E-state index in [1.807, 2.05) is 78.9 Å². The lowest BCUT2D eigenvalue weighted by molar-refractivity contribution is -0.138. The first-order chi connectivity index (χ1) is 22.4. The molecule has 6 rings (SSSR count). The summed E-state index contributed by atoms with van der Waals surface area (Å²) in [5, 5.41) is 1.77. The predicted octanol–water partition coefficient (Wildman–Crippen LogP) is 9.23. The van der Waals surface area contributed by atoms with Gasteiger partial charge in [-0.05, 0) is 60.1 Å². The molecule has 0 N–H and O–H groups in total. The summed E-state index contributed by atoms with van der Waals surface area (Å²) in [6, 6.07) is 36.3. The van der Waals surface area contributed by atoms with Gasteiger partial charge in [-0.15, -0.1) is 0 Å². The number of hydrogen-bond acceptors (Lipinski definition) is 2. The number of ether oxygens (including phenoxy) is 1. The van der Waals surface area contributed by atoms with Gasteiger partial charge in [0.05, 0.1) is 11.1 Å². The van der Waals surface area contributed by atoms with Crippen LogP contribution in [-0.2, 0) is 22.7 Å². The average molecular weight is 662 g/mol. The van der Waals surface area contributed by atoms with Gasteiger partial charge in [-0.2, -0.15) is 26.3 Å². The van der Waals surface area contributed by atoms with E-state index in [-0.39, 0.29) is 12.0 Å². The molecule has 0 unspecified atom stereocenters. The fraction of sp³-hybridized carbons (Fsp3) is 0.184. The van der Waals surface area contributed by atoms with Gasteiger partial charge in [0, 0.05) is 16.7 Å². The lowest BCUT2D eigenvalue weighted by Crippen LogP contribution is -2.41. The van der Waals surface area contributed by atoms with E-state index in [0.29, 0.717) is 27.4 Å². The Morgan fingerprint density at radius 1 is 0.596 bits per heavy atom. The zero-order valence-corrected chi connectivity index (χ0v) is 26.3. The van der Waals surface area contributed by atoms with Gasteiger partial charge in [0.15, 0.2) is 5.60 Å². The first-order valence-corrected chi connectivity index (χ1v) is 16.4. The van der Waals surface area contributed by atoms with Crippen LogP contribution in [0.25, 0.3) is 0 Å². The van der Waals surface area contributed by atoms with Crippen molar-refractivity contribution in [3.8, 4) is 0 Å². The summed E-state index contributed by atoms with van der Waals surface area (Å²) in [6.07, 6.45) is -9.08. The molecule has 0 radical (unpaired) electrons. The maximum Gasteiger partial charge on any atom is 0.416 e. The van der Waals surface area contributed by atoms with Crippen molar-refractivity contribution in [2.75, 3.05) is 0 Å². The van der Waals surface area contributed by atoms with Crippen molar-refractivity contribution in [2.24, 2.45) is 10.9 Å². The highest BCUT2D eigenvalue weighted by molar-refractivity contribution is 7.80. The molecule has 1 atom stereocenters. The Bertz CT molecular complexity index is 1750. The normalized spacial score (nSPS) is 16.3. The molecule has 240 valence electrons. The van der Waals surface area contributed by atoms with Crippen LogP contribution in [0.15, 0.2) is 138 Å². The third-order valence-electron chi connectivity index (χ3n) is 8.25. The number of alkyl halides is 6. The molecule has 1 aliphatic rings. The maximum atomic E-state index is 13.5. The van der Waals surface area contributed by atoms with Gasteiger partial charge < -0.3 is 4.74 Å². The Balaban J connectivity index is 1.53. The minimum atomic E-state index is -4.54. The third kappa shape index (κ3) is 6.31. The van der Waals surface area contributed by atoms with Gasteiger partial charge in [-0.1, -0.05) is 117 Å². The van der Waals surface area contributed by atoms with Crippen LogP contribution in [0.3, 0.4) is 0 Å². The van der Waals surface area contributed by atoms with Gasteiger partial charge in [-0.25, -0.2) is 4.99 Å². The smallest absolute Gasteiger partial charge is 0.416 e. The number of aliphatic imine (C=N–C) groups is 1. The standard InChI is InChI=1S/C38H30F6NOP/c1-25(2)34-36(26-11-5-3-6-12-26,27-13-7-4-8-14-27)46-35(45-34)32-15-9-10-16-33(32)47(30-21-17-28(18-22-30)37(39,40)41)31-23-19-29(20-24-31)38(42,43)44/h3-25,34H,1-2H3/t34-/m0/s1. The number of halogens is 6. The van der Waals surface area contributed by atoms with Crippen LogP contribution in [0.5, 0.6) is 0 Å². The molecule has 5 aromatic carbocycles. The first kappa shape index (κ1) is 32.5. The zero-order chi connectivity index (χ0) is 33.4. The van der Waals surface area contributed by atoms with E-state index in [4.69, 9.17) is 9.73 Å². The molecule has 47 heavy (non-hydrogen) atoms. The van der Waals surface area contributed by atoms with Gasteiger partial charge in [0.1, 0.15) is 6.04 Å². The summed E-state index contributed by atoms with van der Waals surface area (Å²) >= 11 is 0. The van der Waals surface area contributed by atoms with Gasteiger partial charge >= 0.3 is 12.4 Å². The highest BCUT2D eigenvalue weighted by Gasteiger charge is 2.51. The molecule has 0 aromatic heterocycles. The van der Waals surface area contributed by atoms with Crippen molar-refractivity contribution in [3.63, 3.8) is 0 Å². The molecule has 0 saturated carbocycles. The zero-order valence-electron chi connectivity index (χ0n) is 25.4. The van der Waals surface area contributed by atoms with Crippen LogP contribution >= 0.6 is 7.92 Å². The average Bonchev–Trinajstić information content (AvgIpc) is 3.48. The molecule has 1 aliphatic heterocycles. The summed E-state index contributed by atoms with van der Waals surface area (Å²) < 4.78 is 88.1. The van der Waals surface area contributed by atoms with E-state index in [2.05, 4.69) is 13.8 Å². The SMILES string of the molecule is CC(C)[C@@H]1N=C(c2ccccc2P(c2ccc(C(F)(F)F)cc2)c2ccc(C(F)(F)F)cc2)OC1(c1ccccc1)c1ccccc1. The molecule has 0 fully saturated rings. The highest BCUT2D eigenvalue weighted by atomic mass is 31.1. The van der Waals surface area contributed by atoms with Crippen LogP contribution in [0.2, 0.25) is 0 Å². The maximum absolute atomic E-state index is 13.5. The Labute approximate surface area is 270 Å². The second kappa shape index (κ2) is 12.6. The third-order valence-corrected chi connectivity index (χ3v) is 10.7. The molecule has 0 aliphatic carbocycles. The van der Waals surface area contributed by atoms with Crippen LogP contribution in [0.1, 0.15) is 41.7 Å². The van der Waals surface area contributed by atoms with E-state index in [9.17, 15) is 26.3 Å². The van der Waals surface area contributed by atoms with E-state index in [1.54, 1.807) is 6.07 Å². The van der Waals surface area contributed by atoms with Crippen LogP contribution in [0, 0.1) is 5.92 Å². The number of nitrogens with zero attached hydrogens (tertiary/aromatic N) is 1. The summed E-state index contributed by atoms with van der Waals surface area (Å²) in [6.45, 7) is 4.15. The minimum Gasteiger partial charge on any atom is -0.459 e. The van der Waals surface area contributed by atoms with Crippen LogP contribution < -0.4 is 15.9 Å². The van der Waals surface area contributed by atoms with Crippen molar-refractivity contribution >= 4 is 29.7 Å². The lowest BCUT2D eigenvalue weighted by atomic mass is 9.76. The second-order valence-electron chi connectivity index (χ2n) is 11.6. The molecule has 2 nitrogen and oxygen atoms in total. The van der Waals surface area contributed by atoms with Crippen molar-refractivity contribution in [1.29, 1.82) is 0 Å². The van der Waals surface area contributed by atoms with E-state index < -0.39 is 37.0 Å². The Morgan fingerprint density at radius 2 is 1.02 bits per heavy atom. The minimum absolute atomic E-state index is 0.0337. The highest BCUT2D eigenvalue weighted by Crippen LogP contribution is 2.47. The predicted molar refractivity (Wildman–Crippen MR) is 175 cm³/mol. The lowest BCUT2D eigenvalue weighted by Gasteiger charge is -2.36. The molecular formula is C38H30F6NOP. The molecular weight excluding hydrogens is 631 g/mol. The number of rotatable bonds is 7. The van der Waals surface area contributed by atoms with Gasteiger partial charge in [-0.3, -0.25) is 0 Å². The summed E-state index contributed by atoms with van der Waals surface area (Å²) in [5.41, 5.74) is -0.156. The van der Waals surface area contributed by atoms with Crippen molar-refractivity contribution in [1.82, 2.24) is 0 Å². The topological polar surface area (TPSA) is 21.6 Å². The molecule has 0 bridgehead atoms. The fourth-order valence-electron chi connectivity index (χ4n) is 6.07. The van der Waals surface area contributed by atoms with Crippen LogP contribution in [0.4, 0.5) is 26.3 Å². The van der Waals surface area contributed by atoms with E-state index in [1.165, 1.54) is 24.3 Å². The molecule has 5 aromatic rings. The Kier molecular flexibility index (Phi) is 8.75. The second-order valence-corrected chi connectivity index (χ2v) is 13.8. The molecule has 0 spiro atoms.